The molecule has 1 aliphatic rings. The Morgan fingerprint density at radius 2 is 1.83 bits per heavy atom. The second kappa shape index (κ2) is 5.11. The van der Waals surface area contributed by atoms with Gasteiger partial charge in [-0.3, -0.25) is 0 Å². The molecular weight excluding hydrogens is 238 g/mol. The molecule has 5 N–H and O–H groups in total. The summed E-state index contributed by atoms with van der Waals surface area (Å²) in [5.74, 6) is 0.0823. The largest absolute Gasteiger partial charge is 0.508 e. The van der Waals surface area contributed by atoms with Gasteiger partial charge in [0.2, 0.25) is 0 Å². The maximum absolute atomic E-state index is 9.80. The average molecular weight is 255 g/mol. The molecule has 0 amide bonds. The Morgan fingerprint density at radius 1 is 1.11 bits per heavy atom. The second-order valence-electron chi connectivity index (χ2n) is 4.43. The van der Waals surface area contributed by atoms with Crippen LogP contribution in [-0.2, 0) is 4.74 Å². The molecule has 1 heterocycles. The van der Waals surface area contributed by atoms with E-state index in [9.17, 15) is 20.4 Å². The fourth-order valence-corrected chi connectivity index (χ4v) is 1.93. The van der Waals surface area contributed by atoms with Crippen LogP contribution in [0.5, 0.6) is 5.75 Å². The predicted molar refractivity (Wildman–Crippen MR) is 64.1 cm³/mol. The van der Waals surface area contributed by atoms with Crippen LogP contribution in [0.4, 0.5) is 5.69 Å². The minimum absolute atomic E-state index is 0.0823. The highest BCUT2D eigenvalue weighted by Gasteiger charge is 2.41. The van der Waals surface area contributed by atoms with Gasteiger partial charge in [-0.1, -0.05) is 6.07 Å². The maximum Gasteiger partial charge on any atom is 0.157 e. The zero-order chi connectivity index (χ0) is 13.3. The molecule has 6 heteroatoms. The van der Waals surface area contributed by atoms with Crippen LogP contribution in [-0.4, -0.2) is 51.1 Å². The van der Waals surface area contributed by atoms with Crippen molar-refractivity contribution in [2.75, 3.05) is 5.32 Å². The highest BCUT2D eigenvalue weighted by Crippen LogP contribution is 2.24. The van der Waals surface area contributed by atoms with E-state index in [0.717, 1.165) is 0 Å². The number of anilines is 1. The van der Waals surface area contributed by atoms with Crippen molar-refractivity contribution in [3.05, 3.63) is 24.3 Å². The van der Waals surface area contributed by atoms with Gasteiger partial charge in [0, 0.05) is 11.8 Å². The van der Waals surface area contributed by atoms with Gasteiger partial charge in [0.25, 0.3) is 0 Å². The molecular formula is C12H17NO5. The van der Waals surface area contributed by atoms with Crippen LogP contribution in [0.25, 0.3) is 0 Å². The summed E-state index contributed by atoms with van der Waals surface area (Å²) >= 11 is 0. The van der Waals surface area contributed by atoms with E-state index in [0.29, 0.717) is 5.69 Å². The summed E-state index contributed by atoms with van der Waals surface area (Å²) < 4.78 is 5.37. The number of hydrogen-bond donors (Lipinski definition) is 5. The van der Waals surface area contributed by atoms with E-state index in [1.165, 1.54) is 12.1 Å². The molecule has 18 heavy (non-hydrogen) atoms. The molecule has 1 aromatic carbocycles. The Kier molecular flexibility index (Phi) is 3.72. The number of hydrogen-bond acceptors (Lipinski definition) is 6. The van der Waals surface area contributed by atoms with Gasteiger partial charge in [-0.15, -0.1) is 0 Å². The van der Waals surface area contributed by atoms with Crippen LogP contribution in [0.3, 0.4) is 0 Å². The number of aliphatic hydroxyl groups is 3. The first-order chi connectivity index (χ1) is 8.49. The highest BCUT2D eigenvalue weighted by atomic mass is 16.5. The molecule has 0 aromatic heterocycles. The van der Waals surface area contributed by atoms with Crippen LogP contribution in [0.1, 0.15) is 6.92 Å². The van der Waals surface area contributed by atoms with E-state index >= 15 is 0 Å². The molecule has 1 fully saturated rings. The van der Waals surface area contributed by atoms with Gasteiger partial charge in [0.1, 0.15) is 24.1 Å². The van der Waals surface area contributed by atoms with Crippen molar-refractivity contribution in [3.8, 4) is 5.75 Å². The van der Waals surface area contributed by atoms with Crippen LogP contribution in [0, 0.1) is 0 Å². The lowest BCUT2D eigenvalue weighted by molar-refractivity contribution is -0.209. The lowest BCUT2D eigenvalue weighted by Gasteiger charge is -2.39. The molecule has 0 unspecified atom stereocenters. The Morgan fingerprint density at radius 3 is 2.50 bits per heavy atom. The van der Waals surface area contributed by atoms with Crippen molar-refractivity contribution in [1.82, 2.24) is 0 Å². The van der Waals surface area contributed by atoms with Gasteiger partial charge in [-0.2, -0.15) is 0 Å². The first-order valence-electron chi connectivity index (χ1n) is 5.74. The predicted octanol–water partition coefficient (Wildman–Crippen LogP) is -0.368. The number of phenolic OH excluding ortho intramolecular Hbond substituents is 1. The lowest BCUT2D eigenvalue weighted by Crippen LogP contribution is -2.58. The summed E-state index contributed by atoms with van der Waals surface area (Å²) in [6.07, 6.45) is -5.09. The second-order valence-corrected chi connectivity index (χ2v) is 4.43. The van der Waals surface area contributed by atoms with Crippen molar-refractivity contribution in [3.63, 3.8) is 0 Å². The van der Waals surface area contributed by atoms with Crippen molar-refractivity contribution in [2.45, 2.75) is 37.6 Å². The molecule has 100 valence electrons. The molecule has 5 atom stereocenters. The number of phenols is 1. The third-order valence-corrected chi connectivity index (χ3v) is 3.01. The zero-order valence-corrected chi connectivity index (χ0v) is 9.89. The maximum atomic E-state index is 9.80. The lowest BCUT2D eigenvalue weighted by atomic mass is 9.99. The average Bonchev–Trinajstić information content (AvgIpc) is 2.33. The van der Waals surface area contributed by atoms with Gasteiger partial charge in [-0.25, -0.2) is 0 Å². The van der Waals surface area contributed by atoms with E-state index in [1.807, 2.05) is 0 Å². The van der Waals surface area contributed by atoms with E-state index in [2.05, 4.69) is 5.32 Å². The molecule has 0 aliphatic carbocycles. The number of aliphatic hydroxyl groups excluding tert-OH is 3. The van der Waals surface area contributed by atoms with Crippen LogP contribution < -0.4 is 5.32 Å². The van der Waals surface area contributed by atoms with Gasteiger partial charge in [0.05, 0.1) is 6.10 Å². The third-order valence-electron chi connectivity index (χ3n) is 3.01. The molecule has 0 saturated carbocycles. The van der Waals surface area contributed by atoms with Crippen molar-refractivity contribution < 1.29 is 25.2 Å². The standard InChI is InChI=1S/C12H17NO5/c1-6-9(15)10(16)11(17)12(18-6)13-7-3-2-4-8(14)5-7/h2-6,9-17H,1H3/t6-,9+,10+,11+,12-/m0/s1. The van der Waals surface area contributed by atoms with Gasteiger partial charge >= 0.3 is 0 Å². The zero-order valence-electron chi connectivity index (χ0n) is 9.89. The van der Waals surface area contributed by atoms with Crippen LogP contribution in [0.15, 0.2) is 24.3 Å². The fraction of sp³-hybridized carbons (Fsp3) is 0.500. The SMILES string of the molecule is C[C@@H]1O[C@H](Nc2cccc(O)c2)[C@H](O)[C@H](O)[C@@H]1O. The molecule has 0 bridgehead atoms. The highest BCUT2D eigenvalue weighted by molar-refractivity contribution is 5.48. The van der Waals surface area contributed by atoms with E-state index in [-0.39, 0.29) is 5.75 Å². The number of ether oxygens (including phenoxy) is 1. The monoisotopic (exact) mass is 255 g/mol. The van der Waals surface area contributed by atoms with Crippen LogP contribution in [0.2, 0.25) is 0 Å². The fourth-order valence-electron chi connectivity index (χ4n) is 1.93. The van der Waals surface area contributed by atoms with Gasteiger partial charge in [-0.05, 0) is 19.1 Å². The molecule has 0 radical (unpaired) electrons. The number of benzene rings is 1. The first-order valence-corrected chi connectivity index (χ1v) is 5.74. The minimum Gasteiger partial charge on any atom is -0.508 e. The summed E-state index contributed by atoms with van der Waals surface area (Å²) in [5.41, 5.74) is 0.551. The van der Waals surface area contributed by atoms with Crippen molar-refractivity contribution in [2.24, 2.45) is 0 Å². The first kappa shape index (κ1) is 13.1. The van der Waals surface area contributed by atoms with Crippen LogP contribution >= 0.6 is 0 Å². The van der Waals surface area contributed by atoms with E-state index < -0.39 is 30.6 Å². The molecule has 2 rings (SSSR count). The Balaban J connectivity index is 2.09. The summed E-state index contributed by atoms with van der Waals surface area (Å²) in [6, 6.07) is 6.32. The molecule has 1 aliphatic heterocycles. The Labute approximate surface area is 104 Å². The van der Waals surface area contributed by atoms with E-state index in [1.54, 1.807) is 19.1 Å². The Hall–Kier alpha value is -1.34. The number of aromatic hydroxyl groups is 1. The van der Waals surface area contributed by atoms with Gasteiger partial charge in [0.15, 0.2) is 6.23 Å². The summed E-state index contributed by atoms with van der Waals surface area (Å²) in [5, 5.41) is 41.2. The number of rotatable bonds is 2. The summed E-state index contributed by atoms with van der Waals surface area (Å²) in [6.45, 7) is 1.61. The number of nitrogens with one attached hydrogen (secondary N) is 1. The third kappa shape index (κ3) is 2.56. The van der Waals surface area contributed by atoms with E-state index in [4.69, 9.17) is 4.74 Å². The topological polar surface area (TPSA) is 102 Å². The summed E-state index contributed by atoms with van der Waals surface area (Å²) in [7, 11) is 0. The van der Waals surface area contributed by atoms with Crippen molar-refractivity contribution in [1.29, 1.82) is 0 Å². The minimum atomic E-state index is -1.27. The Bertz CT molecular complexity index is 413. The quantitative estimate of drug-likeness (QED) is 0.494. The molecule has 1 saturated heterocycles. The summed E-state index contributed by atoms with van der Waals surface area (Å²) in [4.78, 5) is 0. The molecule has 0 spiro atoms. The smallest absolute Gasteiger partial charge is 0.157 e. The molecule has 1 aromatic rings. The normalized spacial score (nSPS) is 36.3. The van der Waals surface area contributed by atoms with Crippen molar-refractivity contribution >= 4 is 5.69 Å². The molecule has 6 nitrogen and oxygen atoms in total. The van der Waals surface area contributed by atoms with Gasteiger partial charge < -0.3 is 30.5 Å².